The van der Waals surface area contributed by atoms with Gasteiger partial charge in [0.25, 0.3) is 0 Å². The number of hydrogen-bond donors (Lipinski definition) is 0. The number of nitrogens with zero attached hydrogens (tertiary/aromatic N) is 2. The third-order valence-electron chi connectivity index (χ3n) is 2.86. The summed E-state index contributed by atoms with van der Waals surface area (Å²) in [5.41, 5.74) is 2.32. The van der Waals surface area contributed by atoms with Crippen molar-refractivity contribution in [3.63, 3.8) is 0 Å². The highest BCUT2D eigenvalue weighted by atomic mass is 79.9. The van der Waals surface area contributed by atoms with Crippen molar-refractivity contribution in [2.24, 2.45) is 0 Å². The van der Waals surface area contributed by atoms with Crippen molar-refractivity contribution >= 4 is 39.0 Å². The van der Waals surface area contributed by atoms with Crippen molar-refractivity contribution in [1.82, 2.24) is 9.55 Å². The van der Waals surface area contributed by atoms with Crippen molar-refractivity contribution in [2.45, 2.75) is 0 Å². The molecule has 0 aliphatic rings. The lowest BCUT2D eigenvalue weighted by Crippen LogP contribution is -1.90. The van der Waals surface area contributed by atoms with Gasteiger partial charge in [-0.1, -0.05) is 46.3 Å². The van der Waals surface area contributed by atoms with Crippen LogP contribution in [-0.4, -0.2) is 9.55 Å². The van der Waals surface area contributed by atoms with Crippen molar-refractivity contribution in [1.29, 1.82) is 0 Å². The van der Waals surface area contributed by atoms with Crippen LogP contribution in [0.2, 0.25) is 0 Å². The van der Waals surface area contributed by atoms with Crippen molar-refractivity contribution in [2.75, 3.05) is 0 Å². The molecule has 1 heterocycles. The fourth-order valence-corrected chi connectivity index (χ4v) is 2.32. The van der Waals surface area contributed by atoms with E-state index < -0.39 is 0 Å². The molecule has 0 atom stereocenters. The van der Waals surface area contributed by atoms with Gasteiger partial charge in [0.1, 0.15) is 6.33 Å². The molecule has 4 heteroatoms. The van der Waals surface area contributed by atoms with Crippen molar-refractivity contribution in [3.05, 3.63) is 64.9 Å². The minimum Gasteiger partial charge on any atom is -0.275 e. The Bertz CT molecular complexity index is 761. The summed E-state index contributed by atoms with van der Waals surface area (Å²) in [7, 11) is 0. The summed E-state index contributed by atoms with van der Waals surface area (Å²) < 4.78 is 16.6. The van der Waals surface area contributed by atoms with Crippen LogP contribution in [0.4, 0.5) is 4.39 Å². The van der Waals surface area contributed by atoms with E-state index in [1.54, 1.807) is 0 Å². The first-order chi connectivity index (χ1) is 9.25. The quantitative estimate of drug-likeness (QED) is 0.668. The molecule has 0 saturated carbocycles. The third kappa shape index (κ3) is 2.31. The van der Waals surface area contributed by atoms with Gasteiger partial charge < -0.3 is 0 Å². The van der Waals surface area contributed by atoms with Gasteiger partial charge in [-0.2, -0.15) is 4.39 Å². The lowest BCUT2D eigenvalue weighted by molar-refractivity contribution is 0.700. The Balaban J connectivity index is 2.09. The first-order valence-corrected chi connectivity index (χ1v) is 6.59. The van der Waals surface area contributed by atoms with E-state index in [4.69, 9.17) is 0 Å². The predicted octanol–water partition coefficient (Wildman–Crippen LogP) is 4.72. The first-order valence-electron chi connectivity index (χ1n) is 5.80. The summed E-state index contributed by atoms with van der Waals surface area (Å²) in [6.45, 7) is 0. The highest BCUT2D eigenvalue weighted by Gasteiger charge is 2.06. The molecular weight excluding hydrogens is 307 g/mol. The molecule has 0 radical (unpaired) electrons. The molecule has 0 amide bonds. The minimum atomic E-state index is -0.361. The van der Waals surface area contributed by atoms with Crippen LogP contribution in [-0.2, 0) is 0 Å². The van der Waals surface area contributed by atoms with E-state index in [1.807, 2.05) is 48.5 Å². The molecule has 0 N–H and O–H groups in total. The summed E-state index contributed by atoms with van der Waals surface area (Å²) in [6.07, 6.45) is 2.98. The second-order valence-corrected chi connectivity index (χ2v) is 4.95. The highest BCUT2D eigenvalue weighted by molar-refractivity contribution is 9.10. The lowest BCUT2D eigenvalue weighted by Gasteiger charge is -2.02. The Morgan fingerprint density at radius 2 is 1.84 bits per heavy atom. The van der Waals surface area contributed by atoms with E-state index >= 15 is 0 Å². The molecular formula is C15H10BrFN2. The van der Waals surface area contributed by atoms with Gasteiger partial charge in [0, 0.05) is 10.5 Å². The van der Waals surface area contributed by atoms with E-state index in [0.29, 0.717) is 0 Å². The zero-order chi connectivity index (χ0) is 13.2. The second kappa shape index (κ2) is 4.97. The average molecular weight is 317 g/mol. The largest absolute Gasteiger partial charge is 0.275 e. The molecule has 3 aromatic rings. The molecule has 94 valence electrons. The van der Waals surface area contributed by atoms with Crippen LogP contribution in [0.25, 0.3) is 23.1 Å². The number of halogens is 2. The summed E-state index contributed by atoms with van der Waals surface area (Å²) in [5.74, 6) is -0.361. The van der Waals surface area contributed by atoms with Crippen LogP contribution >= 0.6 is 15.9 Å². The fraction of sp³-hybridized carbons (Fsp3) is 0. The normalized spacial score (nSPS) is 12.0. The Morgan fingerprint density at radius 3 is 2.68 bits per heavy atom. The molecule has 0 fully saturated rings. The van der Waals surface area contributed by atoms with Gasteiger partial charge >= 0.3 is 0 Å². The van der Waals surface area contributed by atoms with Gasteiger partial charge in [0.2, 0.25) is 0 Å². The van der Waals surface area contributed by atoms with Crippen LogP contribution in [0.15, 0.2) is 59.3 Å². The predicted molar refractivity (Wildman–Crippen MR) is 79.2 cm³/mol. The molecule has 3 rings (SSSR count). The van der Waals surface area contributed by atoms with Crippen molar-refractivity contribution in [3.8, 4) is 0 Å². The third-order valence-corrected chi connectivity index (χ3v) is 3.59. The molecule has 0 saturated heterocycles. The summed E-state index contributed by atoms with van der Waals surface area (Å²) in [6, 6.07) is 14.9. The number of aromatic nitrogens is 2. The zero-order valence-corrected chi connectivity index (χ0v) is 11.5. The average Bonchev–Trinajstić information content (AvgIpc) is 2.85. The van der Waals surface area contributed by atoms with E-state index in [1.165, 1.54) is 17.0 Å². The van der Waals surface area contributed by atoms with Crippen LogP contribution in [0.1, 0.15) is 5.56 Å². The number of imidazole rings is 1. The molecule has 0 spiro atoms. The van der Waals surface area contributed by atoms with Gasteiger partial charge in [-0.25, -0.2) is 4.98 Å². The molecule has 19 heavy (non-hydrogen) atoms. The Labute approximate surface area is 118 Å². The van der Waals surface area contributed by atoms with E-state index in [9.17, 15) is 4.39 Å². The summed E-state index contributed by atoms with van der Waals surface area (Å²) in [5, 5.41) is 0. The number of fused-ring (bicyclic) bond motifs is 1. The maximum absolute atomic E-state index is 14.3. The second-order valence-electron chi connectivity index (χ2n) is 4.09. The van der Waals surface area contributed by atoms with E-state index in [2.05, 4.69) is 20.9 Å². The number of benzene rings is 2. The highest BCUT2D eigenvalue weighted by Crippen LogP contribution is 2.23. The number of para-hydroxylation sites is 2. The van der Waals surface area contributed by atoms with Gasteiger partial charge in [0.05, 0.1) is 11.0 Å². The maximum atomic E-state index is 14.3. The van der Waals surface area contributed by atoms with Crippen LogP contribution in [0.3, 0.4) is 0 Å². The molecule has 2 nitrogen and oxygen atoms in total. The Hall–Kier alpha value is -1.94. The van der Waals surface area contributed by atoms with Crippen LogP contribution in [0, 0.1) is 0 Å². The van der Waals surface area contributed by atoms with Crippen LogP contribution < -0.4 is 0 Å². The van der Waals surface area contributed by atoms with Gasteiger partial charge in [-0.3, -0.25) is 4.57 Å². The lowest BCUT2D eigenvalue weighted by atomic mass is 10.2. The monoisotopic (exact) mass is 316 g/mol. The molecule has 2 aromatic carbocycles. The van der Waals surface area contributed by atoms with Gasteiger partial charge in [-0.05, 0) is 23.8 Å². The van der Waals surface area contributed by atoms with Gasteiger partial charge in [-0.15, -0.1) is 0 Å². The van der Waals surface area contributed by atoms with E-state index in [0.717, 1.165) is 21.1 Å². The van der Waals surface area contributed by atoms with Crippen molar-refractivity contribution < 1.29 is 4.39 Å². The van der Waals surface area contributed by atoms with E-state index in [-0.39, 0.29) is 5.95 Å². The zero-order valence-electron chi connectivity index (χ0n) is 9.92. The standard InChI is InChI=1S/C15H10BrFN2/c16-12-6-2-1-5-11(12)9-15(17)19-10-18-13-7-3-4-8-14(13)19/h1-10H. The smallest absolute Gasteiger partial charge is 0.200 e. The topological polar surface area (TPSA) is 17.8 Å². The van der Waals surface area contributed by atoms with Gasteiger partial charge in [0.15, 0.2) is 5.95 Å². The Kier molecular flexibility index (Phi) is 3.17. The summed E-state index contributed by atoms with van der Waals surface area (Å²) in [4.78, 5) is 4.17. The molecule has 0 aliphatic heterocycles. The number of hydrogen-bond acceptors (Lipinski definition) is 1. The maximum Gasteiger partial charge on any atom is 0.200 e. The fourth-order valence-electron chi connectivity index (χ4n) is 1.92. The number of rotatable bonds is 2. The molecule has 0 aliphatic carbocycles. The molecule has 0 bridgehead atoms. The van der Waals surface area contributed by atoms with Crippen LogP contribution in [0.5, 0.6) is 0 Å². The SMILES string of the molecule is FC(=Cc1ccccc1Br)n1cnc2ccccc21. The molecule has 0 unspecified atom stereocenters. The summed E-state index contributed by atoms with van der Waals surface area (Å²) >= 11 is 3.40. The minimum absolute atomic E-state index is 0.361. The molecule has 1 aromatic heterocycles. The Morgan fingerprint density at radius 1 is 1.11 bits per heavy atom. The first kappa shape index (κ1) is 12.1.